The van der Waals surface area contributed by atoms with E-state index in [1.165, 1.54) is 55.2 Å². The zero-order chi connectivity index (χ0) is 14.4. The number of aryl methyl sites for hydroxylation is 2. The Hall–Kier alpha value is -1.02. The summed E-state index contributed by atoms with van der Waals surface area (Å²) in [6.07, 6.45) is 8.08. The molecule has 0 aromatic heterocycles. The maximum atomic E-state index is 6.28. The lowest BCUT2D eigenvalue weighted by atomic mass is 9.97. The van der Waals surface area contributed by atoms with Crippen molar-refractivity contribution in [1.82, 2.24) is 5.32 Å². The molecule has 0 aliphatic heterocycles. The molecule has 1 aliphatic carbocycles. The number of nitrogens with one attached hydrogen (secondary N) is 1. The number of ether oxygens (including phenoxy) is 1. The summed E-state index contributed by atoms with van der Waals surface area (Å²) < 4.78 is 6.28. The first-order valence-corrected chi connectivity index (χ1v) is 8.18. The molecule has 2 heteroatoms. The monoisotopic (exact) mass is 275 g/mol. The fourth-order valence-electron chi connectivity index (χ4n) is 3.09. The Bertz CT molecular complexity index is 398. The van der Waals surface area contributed by atoms with E-state index in [9.17, 15) is 0 Å². The molecule has 1 aliphatic rings. The highest BCUT2D eigenvalue weighted by Gasteiger charge is 2.17. The third-order valence-corrected chi connectivity index (χ3v) is 4.11. The third kappa shape index (κ3) is 4.24. The van der Waals surface area contributed by atoms with Crippen LogP contribution in [0, 0.1) is 13.8 Å². The van der Waals surface area contributed by atoms with E-state index in [2.05, 4.69) is 38.2 Å². The fourth-order valence-corrected chi connectivity index (χ4v) is 3.09. The molecule has 0 spiro atoms. The standard InChI is InChI=1S/C18H29NO/c1-4-10-19-13-16-11-14(2)18(15(3)12-16)20-17-8-6-5-7-9-17/h11-12,17,19H,4-10,13H2,1-3H3. The van der Waals surface area contributed by atoms with Gasteiger partial charge in [-0.2, -0.15) is 0 Å². The molecule has 0 atom stereocenters. The van der Waals surface area contributed by atoms with Gasteiger partial charge in [0.15, 0.2) is 0 Å². The third-order valence-electron chi connectivity index (χ3n) is 4.11. The zero-order valence-corrected chi connectivity index (χ0v) is 13.3. The van der Waals surface area contributed by atoms with E-state index in [1.54, 1.807) is 0 Å². The molecule has 2 nitrogen and oxygen atoms in total. The summed E-state index contributed by atoms with van der Waals surface area (Å²) in [5.41, 5.74) is 3.93. The first-order chi connectivity index (χ1) is 9.70. The normalized spacial score (nSPS) is 16.4. The van der Waals surface area contributed by atoms with Crippen LogP contribution in [0.4, 0.5) is 0 Å². The van der Waals surface area contributed by atoms with Crippen LogP contribution >= 0.6 is 0 Å². The van der Waals surface area contributed by atoms with Crippen LogP contribution in [0.1, 0.15) is 62.1 Å². The lowest BCUT2D eigenvalue weighted by Crippen LogP contribution is -2.20. The van der Waals surface area contributed by atoms with Gasteiger partial charge in [0.2, 0.25) is 0 Å². The maximum Gasteiger partial charge on any atom is 0.125 e. The van der Waals surface area contributed by atoms with Crippen LogP contribution in [0.3, 0.4) is 0 Å². The van der Waals surface area contributed by atoms with E-state index in [4.69, 9.17) is 4.74 Å². The van der Waals surface area contributed by atoms with Crippen LogP contribution in [0.15, 0.2) is 12.1 Å². The van der Waals surface area contributed by atoms with Crippen LogP contribution in [-0.4, -0.2) is 12.6 Å². The van der Waals surface area contributed by atoms with Gasteiger partial charge in [0.25, 0.3) is 0 Å². The highest BCUT2D eigenvalue weighted by atomic mass is 16.5. The maximum absolute atomic E-state index is 6.28. The molecule has 1 N–H and O–H groups in total. The van der Waals surface area contributed by atoms with Gasteiger partial charge >= 0.3 is 0 Å². The van der Waals surface area contributed by atoms with Crippen molar-refractivity contribution in [3.63, 3.8) is 0 Å². The van der Waals surface area contributed by atoms with Gasteiger partial charge in [0, 0.05) is 6.54 Å². The molecule has 0 saturated heterocycles. The van der Waals surface area contributed by atoms with Crippen molar-refractivity contribution in [3.8, 4) is 5.75 Å². The van der Waals surface area contributed by atoms with Crippen LogP contribution in [0.5, 0.6) is 5.75 Å². The summed E-state index contributed by atoms with van der Waals surface area (Å²) in [4.78, 5) is 0. The lowest BCUT2D eigenvalue weighted by molar-refractivity contribution is 0.153. The van der Waals surface area contributed by atoms with Gasteiger partial charge in [-0.3, -0.25) is 0 Å². The number of rotatable bonds is 6. The molecule has 0 heterocycles. The summed E-state index contributed by atoms with van der Waals surface area (Å²) in [7, 11) is 0. The van der Waals surface area contributed by atoms with Gasteiger partial charge in [-0.05, 0) is 69.2 Å². The minimum absolute atomic E-state index is 0.435. The lowest BCUT2D eigenvalue weighted by Gasteiger charge is -2.25. The Balaban J connectivity index is 2.01. The second-order valence-corrected chi connectivity index (χ2v) is 6.11. The molecule has 1 saturated carbocycles. The predicted octanol–water partition coefficient (Wildman–Crippen LogP) is 4.51. The number of hydrogen-bond donors (Lipinski definition) is 1. The van der Waals surface area contributed by atoms with Gasteiger partial charge in [0.05, 0.1) is 6.10 Å². The quantitative estimate of drug-likeness (QED) is 0.771. The fraction of sp³-hybridized carbons (Fsp3) is 0.667. The van der Waals surface area contributed by atoms with Crippen molar-refractivity contribution in [2.24, 2.45) is 0 Å². The van der Waals surface area contributed by atoms with Gasteiger partial charge in [-0.25, -0.2) is 0 Å². The van der Waals surface area contributed by atoms with E-state index in [-0.39, 0.29) is 0 Å². The topological polar surface area (TPSA) is 21.3 Å². The molecular weight excluding hydrogens is 246 g/mol. The van der Waals surface area contributed by atoms with Crippen molar-refractivity contribution >= 4 is 0 Å². The highest BCUT2D eigenvalue weighted by Crippen LogP contribution is 2.29. The second kappa shape index (κ2) is 7.68. The number of hydrogen-bond acceptors (Lipinski definition) is 2. The number of benzene rings is 1. The molecule has 2 rings (SSSR count). The van der Waals surface area contributed by atoms with Gasteiger partial charge in [0.1, 0.15) is 5.75 Å². The van der Waals surface area contributed by atoms with Crippen molar-refractivity contribution in [2.45, 2.75) is 71.9 Å². The molecule has 112 valence electrons. The van der Waals surface area contributed by atoms with Crippen LogP contribution in [0.25, 0.3) is 0 Å². The summed E-state index contributed by atoms with van der Waals surface area (Å²) >= 11 is 0. The Kier molecular flexibility index (Phi) is 5.90. The Morgan fingerprint density at radius 2 is 1.75 bits per heavy atom. The highest BCUT2D eigenvalue weighted by molar-refractivity contribution is 5.43. The summed E-state index contributed by atoms with van der Waals surface area (Å²) in [5, 5.41) is 3.47. The SMILES string of the molecule is CCCNCc1cc(C)c(OC2CCCCC2)c(C)c1. The zero-order valence-electron chi connectivity index (χ0n) is 13.3. The summed E-state index contributed by atoms with van der Waals surface area (Å²) in [5.74, 6) is 1.12. The van der Waals surface area contributed by atoms with Gasteiger partial charge < -0.3 is 10.1 Å². The molecule has 1 fully saturated rings. The summed E-state index contributed by atoms with van der Waals surface area (Å²) in [6, 6.07) is 4.54. The van der Waals surface area contributed by atoms with Crippen LogP contribution < -0.4 is 10.1 Å². The molecule has 1 aromatic rings. The molecule has 0 unspecified atom stereocenters. The molecule has 0 radical (unpaired) electrons. The first-order valence-electron chi connectivity index (χ1n) is 8.18. The van der Waals surface area contributed by atoms with E-state index >= 15 is 0 Å². The van der Waals surface area contributed by atoms with Crippen molar-refractivity contribution in [3.05, 3.63) is 28.8 Å². The van der Waals surface area contributed by atoms with Crippen LogP contribution in [-0.2, 0) is 6.54 Å². The Morgan fingerprint density at radius 3 is 2.35 bits per heavy atom. The summed E-state index contributed by atoms with van der Waals surface area (Å²) in [6.45, 7) is 8.59. The van der Waals surface area contributed by atoms with E-state index in [1.807, 2.05) is 0 Å². The molecular formula is C18H29NO. The molecule has 0 amide bonds. The first kappa shape index (κ1) is 15.4. The molecule has 1 aromatic carbocycles. The minimum atomic E-state index is 0.435. The van der Waals surface area contributed by atoms with E-state index < -0.39 is 0 Å². The largest absolute Gasteiger partial charge is 0.490 e. The minimum Gasteiger partial charge on any atom is -0.490 e. The smallest absolute Gasteiger partial charge is 0.125 e. The average Bonchev–Trinajstić information content (AvgIpc) is 2.44. The second-order valence-electron chi connectivity index (χ2n) is 6.11. The predicted molar refractivity (Wildman–Crippen MR) is 85.4 cm³/mol. The van der Waals surface area contributed by atoms with Crippen molar-refractivity contribution in [2.75, 3.05) is 6.54 Å². The van der Waals surface area contributed by atoms with Gasteiger partial charge in [-0.15, -0.1) is 0 Å². The Labute approximate surface area is 123 Å². The molecule has 0 bridgehead atoms. The van der Waals surface area contributed by atoms with Crippen molar-refractivity contribution < 1.29 is 4.74 Å². The van der Waals surface area contributed by atoms with Gasteiger partial charge in [-0.1, -0.05) is 25.5 Å². The Morgan fingerprint density at radius 1 is 1.10 bits per heavy atom. The van der Waals surface area contributed by atoms with E-state index in [0.29, 0.717) is 6.10 Å². The van der Waals surface area contributed by atoms with Crippen molar-refractivity contribution in [1.29, 1.82) is 0 Å². The molecule has 20 heavy (non-hydrogen) atoms. The van der Waals surface area contributed by atoms with Crippen LogP contribution in [0.2, 0.25) is 0 Å². The average molecular weight is 275 g/mol. The van der Waals surface area contributed by atoms with E-state index in [0.717, 1.165) is 18.8 Å².